The van der Waals surface area contributed by atoms with E-state index in [0.717, 1.165) is 12.8 Å². The van der Waals surface area contributed by atoms with Crippen molar-refractivity contribution < 1.29 is 14.8 Å². The summed E-state index contributed by atoms with van der Waals surface area (Å²) in [5.41, 5.74) is 0.448. The second-order valence-corrected chi connectivity index (χ2v) is 5.57. The third-order valence-corrected chi connectivity index (χ3v) is 3.63. The molecule has 0 aromatic heterocycles. The standard InChI is InChI=1S/C14H21BO3/c1-10-7-11(2)9-12(8-10)18-14-6-4-3-5-13(14)15(16)17/h3-6,10-12,16-17H,7-9H2,1-2H3. The van der Waals surface area contributed by atoms with Gasteiger partial charge in [-0.05, 0) is 37.2 Å². The molecule has 0 spiro atoms. The number of para-hydroxylation sites is 1. The molecule has 3 nitrogen and oxygen atoms in total. The van der Waals surface area contributed by atoms with Crippen LogP contribution in [0.5, 0.6) is 5.75 Å². The Balaban J connectivity index is 2.09. The zero-order valence-corrected chi connectivity index (χ0v) is 11.0. The molecule has 2 rings (SSSR count). The maximum Gasteiger partial charge on any atom is 0.492 e. The van der Waals surface area contributed by atoms with E-state index in [4.69, 9.17) is 4.74 Å². The summed E-state index contributed by atoms with van der Waals surface area (Å²) in [7, 11) is -1.47. The van der Waals surface area contributed by atoms with Gasteiger partial charge in [0.1, 0.15) is 5.75 Å². The second-order valence-electron chi connectivity index (χ2n) is 5.57. The summed E-state index contributed by atoms with van der Waals surface area (Å²) in [5, 5.41) is 18.6. The zero-order chi connectivity index (χ0) is 13.1. The van der Waals surface area contributed by atoms with Gasteiger partial charge in [-0.25, -0.2) is 0 Å². The fourth-order valence-electron chi connectivity index (χ4n) is 2.95. The fourth-order valence-corrected chi connectivity index (χ4v) is 2.95. The normalized spacial score (nSPS) is 27.9. The predicted octanol–water partition coefficient (Wildman–Crippen LogP) is 1.57. The van der Waals surface area contributed by atoms with E-state index in [1.54, 1.807) is 18.2 Å². The van der Waals surface area contributed by atoms with Crippen molar-refractivity contribution in [3.05, 3.63) is 24.3 Å². The van der Waals surface area contributed by atoms with Gasteiger partial charge < -0.3 is 14.8 Å². The Hall–Kier alpha value is -0.995. The highest BCUT2D eigenvalue weighted by Crippen LogP contribution is 2.30. The van der Waals surface area contributed by atoms with E-state index in [1.165, 1.54) is 6.42 Å². The van der Waals surface area contributed by atoms with E-state index >= 15 is 0 Å². The number of hydrogen-bond donors (Lipinski definition) is 2. The maximum atomic E-state index is 9.31. The van der Waals surface area contributed by atoms with Crippen LogP contribution in [-0.4, -0.2) is 23.3 Å². The van der Waals surface area contributed by atoms with Crippen LogP contribution >= 0.6 is 0 Å². The molecule has 2 unspecified atom stereocenters. The van der Waals surface area contributed by atoms with Gasteiger partial charge in [0, 0.05) is 5.46 Å². The van der Waals surface area contributed by atoms with Crippen LogP contribution in [-0.2, 0) is 0 Å². The largest absolute Gasteiger partial charge is 0.492 e. The number of rotatable bonds is 3. The molecule has 1 fully saturated rings. The van der Waals surface area contributed by atoms with Crippen LogP contribution in [0.2, 0.25) is 0 Å². The Labute approximate surface area is 109 Å². The van der Waals surface area contributed by atoms with E-state index in [0.29, 0.717) is 23.0 Å². The average molecular weight is 248 g/mol. The highest BCUT2D eigenvalue weighted by atomic mass is 16.5. The van der Waals surface area contributed by atoms with Crippen molar-refractivity contribution in [2.75, 3.05) is 0 Å². The summed E-state index contributed by atoms with van der Waals surface area (Å²) in [6, 6.07) is 7.14. The molecule has 0 aliphatic heterocycles. The molecular formula is C14H21BO3. The molecule has 1 aliphatic rings. The Morgan fingerprint density at radius 1 is 1.06 bits per heavy atom. The van der Waals surface area contributed by atoms with Crippen molar-refractivity contribution in [2.24, 2.45) is 11.8 Å². The molecule has 0 bridgehead atoms. The molecular weight excluding hydrogens is 227 g/mol. The summed E-state index contributed by atoms with van der Waals surface area (Å²) in [6.07, 6.45) is 3.52. The first kappa shape index (κ1) is 13.4. The van der Waals surface area contributed by atoms with Crippen molar-refractivity contribution in [1.29, 1.82) is 0 Å². The Morgan fingerprint density at radius 2 is 1.67 bits per heavy atom. The van der Waals surface area contributed by atoms with E-state index < -0.39 is 7.12 Å². The molecule has 0 heterocycles. The molecule has 0 saturated heterocycles. The highest BCUT2D eigenvalue weighted by molar-refractivity contribution is 6.59. The van der Waals surface area contributed by atoms with E-state index in [2.05, 4.69) is 13.8 Å². The Morgan fingerprint density at radius 3 is 2.28 bits per heavy atom. The average Bonchev–Trinajstić information content (AvgIpc) is 2.27. The van der Waals surface area contributed by atoms with E-state index in [9.17, 15) is 10.0 Å². The van der Waals surface area contributed by atoms with Gasteiger partial charge in [-0.3, -0.25) is 0 Å². The van der Waals surface area contributed by atoms with Crippen LogP contribution in [0.25, 0.3) is 0 Å². The first-order valence-electron chi connectivity index (χ1n) is 6.68. The lowest BCUT2D eigenvalue weighted by Gasteiger charge is -2.32. The number of ether oxygens (including phenoxy) is 1. The molecule has 18 heavy (non-hydrogen) atoms. The van der Waals surface area contributed by atoms with Gasteiger partial charge >= 0.3 is 7.12 Å². The quantitative estimate of drug-likeness (QED) is 0.798. The summed E-state index contributed by atoms with van der Waals surface area (Å²) in [5.74, 6) is 1.94. The highest BCUT2D eigenvalue weighted by Gasteiger charge is 2.26. The Kier molecular flexibility index (Phi) is 4.30. The third-order valence-electron chi connectivity index (χ3n) is 3.63. The molecule has 1 aromatic rings. The topological polar surface area (TPSA) is 49.7 Å². The zero-order valence-electron chi connectivity index (χ0n) is 11.0. The molecule has 0 amide bonds. The smallest absolute Gasteiger partial charge is 0.491 e. The van der Waals surface area contributed by atoms with Gasteiger partial charge in [-0.1, -0.05) is 32.0 Å². The minimum Gasteiger partial charge on any atom is -0.491 e. The Bertz CT molecular complexity index is 384. The first-order valence-corrected chi connectivity index (χ1v) is 6.68. The SMILES string of the molecule is CC1CC(C)CC(Oc2ccccc2B(O)O)C1. The molecule has 1 aliphatic carbocycles. The first-order chi connectivity index (χ1) is 8.56. The van der Waals surface area contributed by atoms with Gasteiger partial charge in [0.15, 0.2) is 0 Å². The fraction of sp³-hybridized carbons (Fsp3) is 0.571. The maximum absolute atomic E-state index is 9.31. The summed E-state index contributed by atoms with van der Waals surface area (Å²) >= 11 is 0. The van der Waals surface area contributed by atoms with Gasteiger partial charge in [0.25, 0.3) is 0 Å². The molecule has 2 atom stereocenters. The van der Waals surface area contributed by atoms with Gasteiger partial charge in [-0.2, -0.15) is 0 Å². The monoisotopic (exact) mass is 248 g/mol. The molecule has 98 valence electrons. The van der Waals surface area contributed by atoms with E-state index in [-0.39, 0.29) is 6.10 Å². The van der Waals surface area contributed by atoms with Crippen LogP contribution in [0.1, 0.15) is 33.1 Å². The van der Waals surface area contributed by atoms with Gasteiger partial charge in [0.2, 0.25) is 0 Å². The molecule has 2 N–H and O–H groups in total. The second kappa shape index (κ2) is 5.76. The molecule has 0 radical (unpaired) electrons. The van der Waals surface area contributed by atoms with Crippen molar-refractivity contribution in [2.45, 2.75) is 39.2 Å². The van der Waals surface area contributed by atoms with Crippen LogP contribution in [0.3, 0.4) is 0 Å². The number of benzene rings is 1. The van der Waals surface area contributed by atoms with Crippen molar-refractivity contribution in [1.82, 2.24) is 0 Å². The molecule has 1 aromatic carbocycles. The summed E-state index contributed by atoms with van der Waals surface area (Å²) in [4.78, 5) is 0. The molecule has 4 heteroatoms. The third kappa shape index (κ3) is 3.27. The van der Waals surface area contributed by atoms with Crippen LogP contribution in [0.15, 0.2) is 24.3 Å². The van der Waals surface area contributed by atoms with Crippen LogP contribution in [0.4, 0.5) is 0 Å². The van der Waals surface area contributed by atoms with E-state index in [1.807, 2.05) is 6.07 Å². The van der Waals surface area contributed by atoms with Crippen LogP contribution in [0, 0.1) is 11.8 Å². The minimum absolute atomic E-state index is 0.184. The van der Waals surface area contributed by atoms with Crippen LogP contribution < -0.4 is 10.2 Å². The molecule has 1 saturated carbocycles. The van der Waals surface area contributed by atoms with Crippen molar-refractivity contribution >= 4 is 12.6 Å². The lowest BCUT2D eigenvalue weighted by atomic mass is 9.79. The lowest BCUT2D eigenvalue weighted by Crippen LogP contribution is -2.35. The van der Waals surface area contributed by atoms with Gasteiger partial charge in [-0.15, -0.1) is 0 Å². The minimum atomic E-state index is -1.47. The summed E-state index contributed by atoms with van der Waals surface area (Å²) in [6.45, 7) is 4.50. The van der Waals surface area contributed by atoms with Gasteiger partial charge in [0.05, 0.1) is 6.10 Å². The predicted molar refractivity (Wildman–Crippen MR) is 72.9 cm³/mol. The lowest BCUT2D eigenvalue weighted by molar-refractivity contribution is 0.102. The van der Waals surface area contributed by atoms with Crippen molar-refractivity contribution in [3.63, 3.8) is 0 Å². The van der Waals surface area contributed by atoms with Crippen molar-refractivity contribution in [3.8, 4) is 5.75 Å². The summed E-state index contributed by atoms with van der Waals surface area (Å²) < 4.78 is 5.97. The number of hydrogen-bond acceptors (Lipinski definition) is 3.